The molecular weight excluding hydrogens is 581 g/mol. The third-order valence-electron chi connectivity index (χ3n) is 6.77. The molecule has 0 saturated carbocycles. The van der Waals surface area contributed by atoms with Crippen molar-refractivity contribution in [1.82, 2.24) is 19.6 Å². The highest BCUT2D eigenvalue weighted by Gasteiger charge is 2.42. The van der Waals surface area contributed by atoms with E-state index in [1.807, 2.05) is 0 Å². The van der Waals surface area contributed by atoms with Crippen molar-refractivity contribution in [3.05, 3.63) is 53.5 Å². The van der Waals surface area contributed by atoms with Crippen LogP contribution in [0.4, 0.5) is 27.6 Å². The summed E-state index contributed by atoms with van der Waals surface area (Å²) in [4.78, 5) is 6.26. The molecule has 3 heterocycles. The minimum Gasteiger partial charge on any atom is -0.495 e. The molecule has 0 bridgehead atoms. The van der Waals surface area contributed by atoms with Crippen molar-refractivity contribution in [3.8, 4) is 17.6 Å². The SMILES string of the molecule is COc1cc(S(C)(=O)=O)ccc1NCC#Cc1nc2c(C3CC(F)(F)C[C@@H](CN(C)C)N3)cccn2c1CC(F)(F)F. The van der Waals surface area contributed by atoms with Gasteiger partial charge < -0.3 is 24.7 Å². The van der Waals surface area contributed by atoms with E-state index in [2.05, 4.69) is 27.5 Å². The van der Waals surface area contributed by atoms with Crippen molar-refractivity contribution < 1.29 is 35.1 Å². The van der Waals surface area contributed by atoms with Gasteiger partial charge in [-0.05, 0) is 38.2 Å². The van der Waals surface area contributed by atoms with Gasteiger partial charge in [-0.2, -0.15) is 13.2 Å². The molecule has 0 amide bonds. The van der Waals surface area contributed by atoms with E-state index in [0.29, 0.717) is 17.8 Å². The molecule has 4 rings (SSSR count). The lowest BCUT2D eigenvalue weighted by Gasteiger charge is -2.37. The maximum Gasteiger partial charge on any atom is 0.394 e. The quantitative estimate of drug-likeness (QED) is 0.289. The zero-order chi connectivity index (χ0) is 30.9. The fourth-order valence-corrected chi connectivity index (χ4v) is 5.72. The van der Waals surface area contributed by atoms with E-state index in [1.165, 1.54) is 42.0 Å². The Labute approximate surface area is 241 Å². The molecule has 42 heavy (non-hydrogen) atoms. The van der Waals surface area contributed by atoms with Crippen molar-refractivity contribution in [1.29, 1.82) is 0 Å². The van der Waals surface area contributed by atoms with Crippen LogP contribution in [0.5, 0.6) is 5.75 Å². The van der Waals surface area contributed by atoms with E-state index >= 15 is 0 Å². The zero-order valence-electron chi connectivity index (χ0n) is 23.5. The Morgan fingerprint density at radius 1 is 1.24 bits per heavy atom. The zero-order valence-corrected chi connectivity index (χ0v) is 24.3. The van der Waals surface area contributed by atoms with Gasteiger partial charge in [-0.15, -0.1) is 0 Å². The Hall–Kier alpha value is -3.41. The topological polar surface area (TPSA) is 88.0 Å². The number of nitrogens with zero attached hydrogens (tertiary/aromatic N) is 3. The first-order chi connectivity index (χ1) is 19.6. The number of alkyl halides is 5. The van der Waals surface area contributed by atoms with Gasteiger partial charge in [0.25, 0.3) is 5.92 Å². The molecule has 228 valence electrons. The Bertz CT molecular complexity index is 1610. The fourth-order valence-electron chi connectivity index (χ4n) is 5.09. The lowest BCUT2D eigenvalue weighted by molar-refractivity contribution is -0.128. The van der Waals surface area contributed by atoms with E-state index in [4.69, 9.17) is 4.74 Å². The summed E-state index contributed by atoms with van der Waals surface area (Å²) >= 11 is 0. The van der Waals surface area contributed by atoms with Crippen LogP contribution >= 0.6 is 0 Å². The normalized spacial score (nSPS) is 19.0. The number of imidazole rings is 1. The van der Waals surface area contributed by atoms with E-state index in [1.54, 1.807) is 25.1 Å². The van der Waals surface area contributed by atoms with E-state index < -0.39 is 46.9 Å². The number of methoxy groups -OCH3 is 1. The lowest BCUT2D eigenvalue weighted by atomic mass is 9.90. The number of hydrogen-bond donors (Lipinski definition) is 2. The molecule has 2 aromatic heterocycles. The van der Waals surface area contributed by atoms with Gasteiger partial charge >= 0.3 is 6.18 Å². The molecular formula is C28H32F5N5O3S. The molecule has 1 aliphatic heterocycles. The summed E-state index contributed by atoms with van der Waals surface area (Å²) in [6, 6.07) is 6.01. The maximum atomic E-state index is 14.7. The molecule has 0 radical (unpaired) electrons. The number of aromatic nitrogens is 2. The number of likely N-dealkylation sites (N-methyl/N-ethyl adjacent to an activating group) is 1. The van der Waals surface area contributed by atoms with Crippen molar-refractivity contribution >= 4 is 21.2 Å². The summed E-state index contributed by atoms with van der Waals surface area (Å²) in [6.45, 7) is 0.345. The fraction of sp³-hybridized carbons (Fsp3) is 0.464. The molecule has 1 aliphatic rings. The van der Waals surface area contributed by atoms with Gasteiger partial charge in [0.2, 0.25) is 0 Å². The third kappa shape index (κ3) is 7.70. The number of nitrogens with one attached hydrogen (secondary N) is 2. The van der Waals surface area contributed by atoms with Gasteiger partial charge in [0.1, 0.15) is 17.1 Å². The van der Waals surface area contributed by atoms with E-state index in [0.717, 1.165) is 6.26 Å². The molecule has 0 aliphatic carbocycles. The average Bonchev–Trinajstić information content (AvgIpc) is 3.20. The van der Waals surface area contributed by atoms with Gasteiger partial charge in [-0.25, -0.2) is 22.2 Å². The second kappa shape index (κ2) is 12.1. The number of halogens is 5. The minimum atomic E-state index is -4.57. The predicted molar refractivity (Wildman–Crippen MR) is 149 cm³/mol. The van der Waals surface area contributed by atoms with Crippen LogP contribution in [0, 0.1) is 11.8 Å². The molecule has 1 fully saturated rings. The highest BCUT2D eigenvalue weighted by Crippen LogP contribution is 2.38. The number of piperidine rings is 1. The van der Waals surface area contributed by atoms with Gasteiger partial charge in [-0.1, -0.05) is 12.0 Å². The number of sulfone groups is 1. The standard InChI is InChI=1S/C28H32F5N5O3S/c1-37(2)17-18-14-27(29,30)15-23(35-18)20-7-6-12-38-24(16-28(31,32)33)21(36-26(20)38)8-5-11-34-22-10-9-19(42(4,39)40)13-25(22)41-3/h6-7,9-10,12-13,18,23,34-35H,11,14-17H2,1-4H3/t18-,23?/m0/s1. The predicted octanol–water partition coefficient (Wildman–Crippen LogP) is 4.30. The van der Waals surface area contributed by atoms with Crippen LogP contribution in [0.25, 0.3) is 5.65 Å². The van der Waals surface area contributed by atoms with Crippen LogP contribution in [-0.4, -0.2) is 81.4 Å². The number of pyridine rings is 1. The first-order valence-corrected chi connectivity index (χ1v) is 14.9. The van der Waals surface area contributed by atoms with Crippen molar-refractivity contribution in [3.63, 3.8) is 0 Å². The molecule has 1 unspecified atom stereocenters. The molecule has 1 aromatic carbocycles. The van der Waals surface area contributed by atoms with Crippen LogP contribution in [0.3, 0.4) is 0 Å². The van der Waals surface area contributed by atoms with E-state index in [9.17, 15) is 30.4 Å². The minimum absolute atomic E-state index is 0.0244. The largest absolute Gasteiger partial charge is 0.495 e. The van der Waals surface area contributed by atoms with Crippen molar-refractivity contribution in [2.75, 3.05) is 45.9 Å². The summed E-state index contributed by atoms with van der Waals surface area (Å²) in [5.41, 5.74) is 0.614. The van der Waals surface area contributed by atoms with E-state index in [-0.39, 0.29) is 40.6 Å². The lowest BCUT2D eigenvalue weighted by Crippen LogP contribution is -2.49. The van der Waals surface area contributed by atoms with Crippen molar-refractivity contribution in [2.24, 2.45) is 0 Å². The first-order valence-electron chi connectivity index (χ1n) is 13.0. The van der Waals surface area contributed by atoms with Gasteiger partial charge in [0.15, 0.2) is 9.84 Å². The van der Waals surface area contributed by atoms with Crippen LogP contribution in [0.2, 0.25) is 0 Å². The number of anilines is 1. The summed E-state index contributed by atoms with van der Waals surface area (Å²) < 4.78 is 100. The second-order valence-electron chi connectivity index (χ2n) is 10.6. The summed E-state index contributed by atoms with van der Waals surface area (Å²) in [5, 5.41) is 6.19. The Morgan fingerprint density at radius 3 is 2.62 bits per heavy atom. The number of hydrogen-bond acceptors (Lipinski definition) is 7. The molecule has 3 aromatic rings. The third-order valence-corrected chi connectivity index (χ3v) is 7.88. The summed E-state index contributed by atoms with van der Waals surface area (Å²) in [6.07, 6.45) is -4.25. The van der Waals surface area contributed by atoms with Crippen molar-refractivity contribution in [2.45, 2.75) is 48.3 Å². The number of rotatable bonds is 8. The highest BCUT2D eigenvalue weighted by atomic mass is 32.2. The Morgan fingerprint density at radius 2 is 1.98 bits per heavy atom. The smallest absolute Gasteiger partial charge is 0.394 e. The van der Waals surface area contributed by atoms with Gasteiger partial charge in [-0.3, -0.25) is 0 Å². The van der Waals surface area contributed by atoms with Crippen LogP contribution < -0.4 is 15.4 Å². The molecule has 8 nitrogen and oxygen atoms in total. The molecule has 2 N–H and O–H groups in total. The van der Waals surface area contributed by atoms with Crippen LogP contribution in [0.15, 0.2) is 41.4 Å². The molecule has 14 heteroatoms. The van der Waals surface area contributed by atoms with Gasteiger partial charge in [0, 0.05) is 55.6 Å². The number of benzene rings is 1. The van der Waals surface area contributed by atoms with Gasteiger partial charge in [0.05, 0.1) is 36.4 Å². The van der Waals surface area contributed by atoms with Crippen LogP contribution in [-0.2, 0) is 16.3 Å². The monoisotopic (exact) mass is 613 g/mol. The molecule has 2 atom stereocenters. The maximum absolute atomic E-state index is 14.7. The highest BCUT2D eigenvalue weighted by molar-refractivity contribution is 7.90. The number of fused-ring (bicyclic) bond motifs is 1. The first kappa shape index (κ1) is 31.5. The Balaban J connectivity index is 1.66. The molecule has 0 spiro atoms. The Kier molecular flexibility index (Phi) is 9.05. The van der Waals surface area contributed by atoms with Crippen LogP contribution in [0.1, 0.15) is 35.8 Å². The average molecular weight is 614 g/mol. The number of ether oxygens (including phenoxy) is 1. The molecule has 1 saturated heterocycles. The second-order valence-corrected chi connectivity index (χ2v) is 12.6. The summed E-state index contributed by atoms with van der Waals surface area (Å²) in [5.74, 6) is 2.74. The summed E-state index contributed by atoms with van der Waals surface area (Å²) in [7, 11) is 1.47.